The van der Waals surface area contributed by atoms with Gasteiger partial charge in [-0.05, 0) is 29.8 Å². The number of fused-ring (bicyclic) bond motifs is 1. The van der Waals surface area contributed by atoms with Gasteiger partial charge in [-0.3, -0.25) is 4.79 Å². The molecule has 0 atom stereocenters. The van der Waals surface area contributed by atoms with E-state index in [9.17, 15) is 4.79 Å². The molecule has 0 saturated heterocycles. The second-order valence-electron chi connectivity index (χ2n) is 6.47. The molecule has 4 nitrogen and oxygen atoms in total. The van der Waals surface area contributed by atoms with Crippen LogP contribution in [-0.4, -0.2) is 21.0 Å². The third-order valence-corrected chi connectivity index (χ3v) is 5.51. The average Bonchev–Trinajstić information content (AvgIpc) is 3.16. The van der Waals surface area contributed by atoms with Gasteiger partial charge in [-0.2, -0.15) is 0 Å². The fourth-order valence-electron chi connectivity index (χ4n) is 3.10. The fourth-order valence-corrected chi connectivity index (χ4v) is 3.96. The van der Waals surface area contributed by atoms with Crippen LogP contribution in [-0.2, 0) is 17.1 Å². The summed E-state index contributed by atoms with van der Waals surface area (Å²) in [5.41, 5.74) is 4.00. The molecule has 28 heavy (non-hydrogen) atoms. The quantitative estimate of drug-likeness (QED) is 0.457. The predicted molar refractivity (Wildman–Crippen MR) is 115 cm³/mol. The van der Waals surface area contributed by atoms with Crippen LogP contribution >= 0.6 is 11.8 Å². The van der Waals surface area contributed by atoms with Crippen LogP contribution in [0.4, 0.5) is 5.69 Å². The Labute approximate surface area is 168 Å². The molecule has 0 radical (unpaired) electrons. The first kappa shape index (κ1) is 18.3. The number of nitrogens with zero attached hydrogens (tertiary/aromatic N) is 3. The fraction of sp³-hybridized carbons (Fsp3) is 0.130. The molecule has 0 N–H and O–H groups in total. The number of hydrogen-bond acceptors (Lipinski definition) is 3. The van der Waals surface area contributed by atoms with Crippen LogP contribution < -0.4 is 4.90 Å². The van der Waals surface area contributed by atoms with E-state index in [-0.39, 0.29) is 5.91 Å². The highest BCUT2D eigenvalue weighted by Crippen LogP contribution is 2.20. The molecule has 2 aromatic carbocycles. The first-order valence-corrected chi connectivity index (χ1v) is 10.3. The number of rotatable bonds is 7. The van der Waals surface area contributed by atoms with Crippen molar-refractivity contribution in [3.05, 3.63) is 103 Å². The Balaban J connectivity index is 1.51. The highest BCUT2D eigenvalue weighted by molar-refractivity contribution is 7.99. The summed E-state index contributed by atoms with van der Waals surface area (Å²) < 4.78 is 2.03. The number of pyridine rings is 1. The number of thioether (sulfide) groups is 1. The van der Waals surface area contributed by atoms with Gasteiger partial charge in [0.1, 0.15) is 5.65 Å². The second kappa shape index (κ2) is 8.76. The number of amides is 1. The van der Waals surface area contributed by atoms with E-state index in [1.54, 1.807) is 11.8 Å². The van der Waals surface area contributed by atoms with Gasteiger partial charge in [-0.15, -0.1) is 11.8 Å². The van der Waals surface area contributed by atoms with Crippen molar-refractivity contribution >= 4 is 29.0 Å². The van der Waals surface area contributed by atoms with Crippen molar-refractivity contribution in [2.75, 3.05) is 10.7 Å². The number of aromatic nitrogens is 2. The lowest BCUT2D eigenvalue weighted by molar-refractivity contribution is -0.116. The maximum absolute atomic E-state index is 13.1. The largest absolute Gasteiger partial charge is 0.306 e. The third kappa shape index (κ3) is 4.26. The van der Waals surface area contributed by atoms with Crippen LogP contribution in [0.15, 0.2) is 91.3 Å². The maximum Gasteiger partial charge on any atom is 0.237 e. The number of carbonyl (C=O) groups excluding carboxylic acids is 1. The second-order valence-corrected chi connectivity index (χ2v) is 7.46. The topological polar surface area (TPSA) is 37.6 Å². The minimum atomic E-state index is 0.0954. The molecule has 140 valence electrons. The van der Waals surface area contributed by atoms with Gasteiger partial charge in [0, 0.05) is 17.6 Å². The molecule has 0 aliphatic heterocycles. The number of benzene rings is 2. The van der Waals surface area contributed by atoms with Gasteiger partial charge in [-0.25, -0.2) is 4.98 Å². The molecule has 0 spiro atoms. The Morgan fingerprint density at radius 3 is 2.43 bits per heavy atom. The van der Waals surface area contributed by atoms with E-state index in [2.05, 4.69) is 17.1 Å². The summed E-state index contributed by atoms with van der Waals surface area (Å²) in [6.45, 7) is 0.486. The van der Waals surface area contributed by atoms with Crippen molar-refractivity contribution in [2.45, 2.75) is 12.3 Å². The van der Waals surface area contributed by atoms with Gasteiger partial charge in [-0.1, -0.05) is 54.6 Å². The number of para-hydroxylation sites is 1. The number of imidazole rings is 1. The lowest BCUT2D eigenvalue weighted by atomic mass is 10.2. The Bertz CT molecular complexity index is 1050. The van der Waals surface area contributed by atoms with E-state index < -0.39 is 0 Å². The summed E-state index contributed by atoms with van der Waals surface area (Å²) in [6.07, 6.45) is 3.82. The summed E-state index contributed by atoms with van der Waals surface area (Å²) in [7, 11) is 0. The molecule has 0 fully saturated rings. The molecule has 0 aliphatic carbocycles. The Morgan fingerprint density at radius 1 is 0.929 bits per heavy atom. The highest BCUT2D eigenvalue weighted by Gasteiger charge is 2.18. The SMILES string of the molecule is O=C(CSCc1ccccc1)N(Cc1cnc2ccccn12)c1ccccc1. The van der Waals surface area contributed by atoms with Crippen molar-refractivity contribution < 1.29 is 4.79 Å². The number of hydrogen-bond donors (Lipinski definition) is 0. The molecule has 4 rings (SSSR count). The third-order valence-electron chi connectivity index (χ3n) is 4.52. The van der Waals surface area contributed by atoms with Crippen LogP contribution in [0, 0.1) is 0 Å². The van der Waals surface area contributed by atoms with Crippen molar-refractivity contribution in [3.8, 4) is 0 Å². The van der Waals surface area contributed by atoms with Crippen LogP contribution in [0.2, 0.25) is 0 Å². The molecule has 0 bridgehead atoms. The minimum absolute atomic E-state index is 0.0954. The van der Waals surface area contributed by atoms with E-state index in [1.165, 1.54) is 5.56 Å². The zero-order chi connectivity index (χ0) is 19.2. The monoisotopic (exact) mass is 387 g/mol. The molecule has 2 heterocycles. The molecule has 0 unspecified atom stereocenters. The Kier molecular flexibility index (Phi) is 5.73. The van der Waals surface area contributed by atoms with Gasteiger partial charge in [0.2, 0.25) is 5.91 Å². The van der Waals surface area contributed by atoms with E-state index in [0.29, 0.717) is 12.3 Å². The Morgan fingerprint density at radius 2 is 1.64 bits per heavy atom. The zero-order valence-electron chi connectivity index (χ0n) is 15.4. The Hall–Kier alpha value is -3.05. The van der Waals surface area contributed by atoms with Crippen LogP contribution in [0.5, 0.6) is 0 Å². The van der Waals surface area contributed by atoms with Gasteiger partial charge in [0.25, 0.3) is 0 Å². The van der Waals surface area contributed by atoms with Gasteiger partial charge in [0.15, 0.2) is 0 Å². The highest BCUT2D eigenvalue weighted by atomic mass is 32.2. The first-order valence-electron chi connectivity index (χ1n) is 9.19. The first-order chi connectivity index (χ1) is 13.8. The molecular formula is C23H21N3OS. The summed E-state index contributed by atoms with van der Waals surface area (Å²) in [5.74, 6) is 1.35. The van der Waals surface area contributed by atoms with Crippen molar-refractivity contribution in [1.29, 1.82) is 0 Å². The number of carbonyl (C=O) groups is 1. The van der Waals surface area contributed by atoms with E-state index in [1.807, 2.05) is 88.4 Å². The molecule has 0 saturated carbocycles. The van der Waals surface area contributed by atoms with E-state index in [4.69, 9.17) is 0 Å². The standard InChI is InChI=1S/C23H21N3OS/c27-23(18-28-17-19-9-3-1-4-10-19)26(20-11-5-2-6-12-20)16-21-15-24-22-13-7-8-14-25(21)22/h1-15H,16-18H2. The molecule has 4 aromatic rings. The molecule has 2 aromatic heterocycles. The lowest BCUT2D eigenvalue weighted by Gasteiger charge is -2.22. The predicted octanol–water partition coefficient (Wildman–Crippen LogP) is 4.80. The summed E-state index contributed by atoms with van der Waals surface area (Å²) in [4.78, 5) is 19.4. The summed E-state index contributed by atoms with van der Waals surface area (Å²) in [5, 5.41) is 0. The molecular weight excluding hydrogens is 366 g/mol. The van der Waals surface area contributed by atoms with Crippen molar-refractivity contribution in [3.63, 3.8) is 0 Å². The normalized spacial score (nSPS) is 10.9. The summed E-state index contributed by atoms with van der Waals surface area (Å²) in [6, 6.07) is 26.0. The summed E-state index contributed by atoms with van der Waals surface area (Å²) >= 11 is 1.64. The van der Waals surface area contributed by atoms with Crippen molar-refractivity contribution in [2.24, 2.45) is 0 Å². The van der Waals surface area contributed by atoms with Gasteiger partial charge < -0.3 is 9.30 Å². The smallest absolute Gasteiger partial charge is 0.237 e. The molecule has 0 aliphatic rings. The van der Waals surface area contributed by atoms with Crippen LogP contribution in [0.25, 0.3) is 5.65 Å². The van der Waals surface area contributed by atoms with Crippen molar-refractivity contribution in [1.82, 2.24) is 9.38 Å². The maximum atomic E-state index is 13.1. The van der Waals surface area contributed by atoms with Gasteiger partial charge in [0.05, 0.1) is 24.2 Å². The molecule has 1 amide bonds. The zero-order valence-corrected chi connectivity index (χ0v) is 16.3. The van der Waals surface area contributed by atoms with E-state index >= 15 is 0 Å². The lowest BCUT2D eigenvalue weighted by Crippen LogP contribution is -2.32. The minimum Gasteiger partial charge on any atom is -0.306 e. The number of anilines is 1. The molecule has 5 heteroatoms. The van der Waals surface area contributed by atoms with Crippen LogP contribution in [0.3, 0.4) is 0 Å². The van der Waals surface area contributed by atoms with Gasteiger partial charge >= 0.3 is 0 Å². The van der Waals surface area contributed by atoms with Crippen LogP contribution in [0.1, 0.15) is 11.3 Å². The van der Waals surface area contributed by atoms with E-state index in [0.717, 1.165) is 22.8 Å². The average molecular weight is 388 g/mol.